The number of rotatable bonds is 8. The first-order valence-corrected chi connectivity index (χ1v) is 11.7. The van der Waals surface area contributed by atoms with E-state index in [1.165, 1.54) is 11.5 Å². The van der Waals surface area contributed by atoms with Crippen molar-refractivity contribution in [2.45, 2.75) is 26.3 Å². The Morgan fingerprint density at radius 3 is 2.58 bits per heavy atom. The predicted octanol–water partition coefficient (Wildman–Crippen LogP) is 2.50. The van der Waals surface area contributed by atoms with Crippen LogP contribution in [0.15, 0.2) is 29.3 Å². The second-order valence-electron chi connectivity index (χ2n) is 7.74. The van der Waals surface area contributed by atoms with Gasteiger partial charge >= 0.3 is 0 Å². The van der Waals surface area contributed by atoms with Crippen LogP contribution in [0.25, 0.3) is 0 Å². The van der Waals surface area contributed by atoms with E-state index < -0.39 is 0 Å². The molecule has 9 heteroatoms. The number of benzene rings is 1. The highest BCUT2D eigenvalue weighted by atomic mass is 32.1. The SMILES string of the molecule is CCNC(=NCC(c1ccccc1OC)N(C)C)N1CCN(c2nc(CC)ns2)CC1. The van der Waals surface area contributed by atoms with Crippen LogP contribution in [0, 0.1) is 0 Å². The molecule has 1 N–H and O–H groups in total. The average molecular weight is 446 g/mol. The minimum absolute atomic E-state index is 0.139. The van der Waals surface area contributed by atoms with Gasteiger partial charge in [0, 0.05) is 56.2 Å². The minimum atomic E-state index is 0.139. The van der Waals surface area contributed by atoms with Gasteiger partial charge in [-0.25, -0.2) is 4.98 Å². The highest BCUT2D eigenvalue weighted by Crippen LogP contribution is 2.28. The predicted molar refractivity (Wildman–Crippen MR) is 128 cm³/mol. The molecule has 0 saturated carbocycles. The summed E-state index contributed by atoms with van der Waals surface area (Å²) in [6, 6.07) is 8.33. The third-order valence-corrected chi connectivity index (χ3v) is 6.31. The van der Waals surface area contributed by atoms with Gasteiger partial charge in [0.05, 0.1) is 19.7 Å². The summed E-state index contributed by atoms with van der Waals surface area (Å²) in [6.45, 7) is 9.38. The molecule has 0 bridgehead atoms. The molecule has 0 radical (unpaired) electrons. The first kappa shape index (κ1) is 23.3. The zero-order valence-electron chi connectivity index (χ0n) is 19.3. The molecule has 0 spiro atoms. The number of piperazine rings is 1. The van der Waals surface area contributed by atoms with Gasteiger partial charge in [0.2, 0.25) is 5.13 Å². The van der Waals surface area contributed by atoms with E-state index in [0.717, 1.165) is 67.4 Å². The average Bonchev–Trinajstić information content (AvgIpc) is 3.28. The van der Waals surface area contributed by atoms with Crippen LogP contribution in [0.5, 0.6) is 5.75 Å². The molecule has 0 amide bonds. The Labute approximate surface area is 190 Å². The zero-order valence-corrected chi connectivity index (χ0v) is 20.2. The highest BCUT2D eigenvalue weighted by Gasteiger charge is 2.23. The van der Waals surface area contributed by atoms with Crippen LogP contribution in [0.3, 0.4) is 0 Å². The van der Waals surface area contributed by atoms with Gasteiger partial charge in [-0.1, -0.05) is 25.1 Å². The number of aromatic nitrogens is 2. The summed E-state index contributed by atoms with van der Waals surface area (Å²) in [5.41, 5.74) is 1.16. The number of aliphatic imine (C=N–C) groups is 1. The molecule has 8 nitrogen and oxygen atoms in total. The number of likely N-dealkylation sites (N-methyl/N-ethyl adjacent to an activating group) is 1. The molecule has 1 atom stereocenters. The number of guanidine groups is 1. The van der Waals surface area contributed by atoms with Crippen LogP contribution < -0.4 is 15.0 Å². The van der Waals surface area contributed by atoms with Crippen molar-refractivity contribution < 1.29 is 4.74 Å². The van der Waals surface area contributed by atoms with E-state index in [0.29, 0.717) is 6.54 Å². The fraction of sp³-hybridized carbons (Fsp3) is 0.591. The van der Waals surface area contributed by atoms with Crippen molar-refractivity contribution in [1.29, 1.82) is 0 Å². The van der Waals surface area contributed by atoms with Crippen LogP contribution in [0.1, 0.15) is 31.3 Å². The number of hydrogen-bond donors (Lipinski definition) is 1. The van der Waals surface area contributed by atoms with Crippen LogP contribution in [0.2, 0.25) is 0 Å². The van der Waals surface area contributed by atoms with E-state index in [1.807, 2.05) is 12.1 Å². The largest absolute Gasteiger partial charge is 0.496 e. The van der Waals surface area contributed by atoms with Gasteiger partial charge in [0.1, 0.15) is 11.6 Å². The van der Waals surface area contributed by atoms with Crippen molar-refractivity contribution in [3.05, 3.63) is 35.7 Å². The van der Waals surface area contributed by atoms with E-state index in [9.17, 15) is 0 Å². The van der Waals surface area contributed by atoms with Crippen LogP contribution in [-0.2, 0) is 6.42 Å². The van der Waals surface area contributed by atoms with Gasteiger partial charge in [-0.2, -0.15) is 4.37 Å². The van der Waals surface area contributed by atoms with Gasteiger partial charge in [0.25, 0.3) is 0 Å². The molecule has 1 saturated heterocycles. The Balaban J connectivity index is 1.69. The van der Waals surface area contributed by atoms with Crippen molar-refractivity contribution in [3.8, 4) is 5.75 Å². The highest BCUT2D eigenvalue weighted by molar-refractivity contribution is 7.09. The lowest BCUT2D eigenvalue weighted by molar-refractivity contribution is 0.293. The minimum Gasteiger partial charge on any atom is -0.496 e. The smallest absolute Gasteiger partial charge is 0.205 e. The molecular weight excluding hydrogens is 410 g/mol. The van der Waals surface area contributed by atoms with Crippen molar-refractivity contribution in [1.82, 2.24) is 24.5 Å². The normalized spacial score (nSPS) is 16.0. The molecule has 31 heavy (non-hydrogen) atoms. The Kier molecular flexibility index (Phi) is 8.48. The Hall–Kier alpha value is -2.39. The number of ether oxygens (including phenoxy) is 1. The maximum absolute atomic E-state index is 5.59. The molecular formula is C22H35N7OS. The summed E-state index contributed by atoms with van der Waals surface area (Å²) < 4.78 is 10.0. The first-order valence-electron chi connectivity index (χ1n) is 11.0. The van der Waals surface area contributed by atoms with Gasteiger partial charge in [0.15, 0.2) is 5.96 Å². The van der Waals surface area contributed by atoms with E-state index in [1.54, 1.807) is 7.11 Å². The van der Waals surface area contributed by atoms with E-state index in [-0.39, 0.29) is 6.04 Å². The Bertz CT molecular complexity index is 846. The summed E-state index contributed by atoms with van der Waals surface area (Å²) in [5, 5.41) is 4.51. The van der Waals surface area contributed by atoms with Gasteiger partial charge in [-0.3, -0.25) is 4.99 Å². The first-order chi connectivity index (χ1) is 15.1. The second-order valence-corrected chi connectivity index (χ2v) is 8.47. The number of nitrogens with one attached hydrogen (secondary N) is 1. The molecule has 1 aromatic carbocycles. The number of anilines is 1. The number of nitrogens with zero attached hydrogens (tertiary/aromatic N) is 6. The van der Waals surface area contributed by atoms with E-state index in [4.69, 9.17) is 9.73 Å². The van der Waals surface area contributed by atoms with Gasteiger partial charge in [-0.05, 0) is 27.1 Å². The molecule has 1 unspecified atom stereocenters. The molecule has 3 rings (SSSR count). The Morgan fingerprint density at radius 2 is 1.97 bits per heavy atom. The Morgan fingerprint density at radius 1 is 1.23 bits per heavy atom. The maximum Gasteiger partial charge on any atom is 0.205 e. The maximum atomic E-state index is 5.59. The summed E-state index contributed by atoms with van der Waals surface area (Å²) in [4.78, 5) is 16.5. The fourth-order valence-electron chi connectivity index (χ4n) is 3.71. The lowest BCUT2D eigenvalue weighted by Crippen LogP contribution is -2.52. The van der Waals surface area contributed by atoms with Crippen molar-refractivity contribution >= 4 is 22.6 Å². The third-order valence-electron chi connectivity index (χ3n) is 5.49. The van der Waals surface area contributed by atoms with Crippen molar-refractivity contribution in [2.75, 3.05) is 65.4 Å². The summed E-state index contributed by atoms with van der Waals surface area (Å²) in [7, 11) is 5.90. The molecule has 1 aromatic heterocycles. The second kappa shape index (κ2) is 11.3. The molecule has 170 valence electrons. The van der Waals surface area contributed by atoms with Crippen molar-refractivity contribution in [3.63, 3.8) is 0 Å². The summed E-state index contributed by atoms with van der Waals surface area (Å²) in [6.07, 6.45) is 0.882. The molecule has 0 aliphatic carbocycles. The lowest BCUT2D eigenvalue weighted by Gasteiger charge is -2.36. The third kappa shape index (κ3) is 5.86. The van der Waals surface area contributed by atoms with E-state index >= 15 is 0 Å². The quantitative estimate of drug-likeness (QED) is 0.495. The van der Waals surface area contributed by atoms with Crippen LogP contribution >= 0.6 is 11.5 Å². The van der Waals surface area contributed by atoms with Crippen molar-refractivity contribution in [2.24, 2.45) is 4.99 Å². The van der Waals surface area contributed by atoms with Crippen LogP contribution in [-0.4, -0.2) is 85.6 Å². The molecule has 1 aliphatic rings. The number of methoxy groups -OCH3 is 1. The molecule has 2 heterocycles. The molecule has 2 aromatic rings. The molecule has 1 fully saturated rings. The zero-order chi connectivity index (χ0) is 22.2. The fourth-order valence-corrected chi connectivity index (χ4v) is 4.51. The van der Waals surface area contributed by atoms with Crippen LogP contribution in [0.4, 0.5) is 5.13 Å². The monoisotopic (exact) mass is 445 g/mol. The topological polar surface area (TPSA) is 69.1 Å². The van der Waals surface area contributed by atoms with E-state index in [2.05, 4.69) is 69.4 Å². The standard InChI is InChI=1S/C22H35N7OS/c1-6-20-25-22(31-26-20)29-14-12-28(13-15-29)21(23-7-2)24-16-18(27(3)4)17-10-8-9-11-19(17)30-5/h8-11,18H,6-7,12-16H2,1-5H3,(H,23,24). The van der Waals surface area contributed by atoms with Gasteiger partial charge < -0.3 is 24.8 Å². The summed E-state index contributed by atoms with van der Waals surface area (Å²) >= 11 is 1.50. The summed E-state index contributed by atoms with van der Waals surface area (Å²) in [5.74, 6) is 2.80. The van der Waals surface area contributed by atoms with Gasteiger partial charge in [-0.15, -0.1) is 0 Å². The molecule has 1 aliphatic heterocycles. The number of hydrogen-bond acceptors (Lipinski definition) is 7. The number of aryl methyl sites for hydroxylation is 1. The number of para-hydroxylation sites is 1. The lowest BCUT2D eigenvalue weighted by atomic mass is 10.0.